The molecule has 0 aromatic rings. The van der Waals surface area contributed by atoms with E-state index in [1.807, 2.05) is 0 Å². The van der Waals surface area contributed by atoms with Crippen LogP contribution in [0.5, 0.6) is 0 Å². The largest absolute Gasteiger partial charge is 0.416 e. The summed E-state index contributed by atoms with van der Waals surface area (Å²) >= 11 is 4.24. The topological polar surface area (TPSA) is 9.23 Å². The lowest BCUT2D eigenvalue weighted by Gasteiger charge is -2.16. The fourth-order valence-electron chi connectivity index (χ4n) is 0.341. The highest BCUT2D eigenvalue weighted by atomic mass is 128. The number of hydrogen-bond donors (Lipinski definition) is 0. The third-order valence-electron chi connectivity index (χ3n) is 0.863. The Kier molecular flexibility index (Phi) is 10.8. The van der Waals surface area contributed by atoms with E-state index in [-0.39, 0.29) is 12.5 Å². The van der Waals surface area contributed by atoms with Crippen molar-refractivity contribution in [2.24, 2.45) is 5.92 Å². The van der Waals surface area contributed by atoms with Crippen LogP contribution in [-0.2, 0) is 4.74 Å². The number of alkyl halides is 4. The third-order valence-corrected chi connectivity index (χ3v) is 0.863. The van der Waals surface area contributed by atoms with Gasteiger partial charge in [-0.2, -0.15) is 8.78 Å². The second-order valence-corrected chi connectivity index (χ2v) is 2.57. The maximum atomic E-state index is 11.9. The molecule has 0 N–H and O–H groups in total. The van der Waals surface area contributed by atoms with Crippen LogP contribution in [-0.4, -0.2) is 19.1 Å². The SMILES string of the molecule is CC(C)COC(F)(F)C(F)F.II. The molecule has 0 aromatic carbocycles. The van der Waals surface area contributed by atoms with Crippen LogP contribution in [0, 0.1) is 5.92 Å². The van der Waals surface area contributed by atoms with Crippen LogP contribution in [0.3, 0.4) is 0 Å². The van der Waals surface area contributed by atoms with Gasteiger partial charge in [0.1, 0.15) is 0 Å². The van der Waals surface area contributed by atoms with E-state index < -0.39 is 12.5 Å². The molecule has 0 rings (SSSR count). The predicted octanol–water partition coefficient (Wildman–Crippen LogP) is 4.29. The molecule has 82 valence electrons. The van der Waals surface area contributed by atoms with Crippen molar-refractivity contribution >= 4 is 37.2 Å². The van der Waals surface area contributed by atoms with Gasteiger partial charge in [0.25, 0.3) is 0 Å². The number of ether oxygens (including phenoxy) is 1. The lowest BCUT2D eigenvalue weighted by atomic mass is 10.2. The third kappa shape index (κ3) is 9.44. The average molecular weight is 428 g/mol. The minimum Gasteiger partial charge on any atom is -0.316 e. The minimum absolute atomic E-state index is 0.181. The first-order chi connectivity index (χ1) is 5.86. The van der Waals surface area contributed by atoms with Crippen LogP contribution in [0.15, 0.2) is 0 Å². The highest BCUT2D eigenvalue weighted by Crippen LogP contribution is 2.24. The normalized spacial score (nSPS) is 11.5. The summed E-state index contributed by atoms with van der Waals surface area (Å²) in [7, 11) is 0. The van der Waals surface area contributed by atoms with Gasteiger partial charge in [0, 0.05) is 37.2 Å². The molecule has 0 aliphatic heterocycles. The Labute approximate surface area is 97.9 Å². The first-order valence-electron chi connectivity index (χ1n) is 3.30. The standard InChI is InChI=1S/C6H10F4O.I2/c1-4(2)3-11-6(9,10)5(7)8;1-2/h4-5H,3H2,1-2H3;. The minimum atomic E-state index is -4.30. The monoisotopic (exact) mass is 428 g/mol. The fraction of sp³-hybridized carbons (Fsp3) is 1.00. The quantitative estimate of drug-likeness (QED) is 0.480. The summed E-state index contributed by atoms with van der Waals surface area (Å²) < 4.78 is 50.3. The zero-order valence-electron chi connectivity index (χ0n) is 7.04. The van der Waals surface area contributed by atoms with Crippen molar-refractivity contribution in [2.75, 3.05) is 6.61 Å². The van der Waals surface area contributed by atoms with E-state index in [0.717, 1.165) is 0 Å². The Hall–Kier alpha value is 1.14. The van der Waals surface area contributed by atoms with Crippen molar-refractivity contribution in [3.63, 3.8) is 0 Å². The highest BCUT2D eigenvalue weighted by molar-refractivity contribution is 15.0. The number of halogens is 6. The summed E-state index contributed by atoms with van der Waals surface area (Å²) in [6.07, 6.45) is -8.05. The van der Waals surface area contributed by atoms with Gasteiger partial charge in [-0.1, -0.05) is 13.8 Å². The van der Waals surface area contributed by atoms with Crippen LogP contribution in [0.4, 0.5) is 17.6 Å². The smallest absolute Gasteiger partial charge is 0.316 e. The zero-order valence-corrected chi connectivity index (χ0v) is 11.4. The van der Waals surface area contributed by atoms with Crippen molar-refractivity contribution in [2.45, 2.75) is 26.4 Å². The number of hydrogen-bond acceptors (Lipinski definition) is 1. The Balaban J connectivity index is 0. The fourth-order valence-corrected chi connectivity index (χ4v) is 0.341. The van der Waals surface area contributed by atoms with Gasteiger partial charge in [-0.3, -0.25) is 0 Å². The maximum absolute atomic E-state index is 11.9. The molecule has 0 fully saturated rings. The van der Waals surface area contributed by atoms with E-state index in [1.54, 1.807) is 13.8 Å². The summed E-state index contributed by atoms with van der Waals surface area (Å²) in [5.74, 6) is -0.181. The number of rotatable bonds is 4. The molecule has 0 unspecified atom stereocenters. The molecule has 1 nitrogen and oxygen atoms in total. The van der Waals surface area contributed by atoms with Gasteiger partial charge in [0.2, 0.25) is 0 Å². The van der Waals surface area contributed by atoms with Crippen molar-refractivity contribution in [3.8, 4) is 0 Å². The highest BCUT2D eigenvalue weighted by Gasteiger charge is 2.42. The van der Waals surface area contributed by atoms with Crippen molar-refractivity contribution in [1.82, 2.24) is 0 Å². The maximum Gasteiger partial charge on any atom is 0.416 e. The van der Waals surface area contributed by atoms with Crippen molar-refractivity contribution in [3.05, 3.63) is 0 Å². The van der Waals surface area contributed by atoms with E-state index in [4.69, 9.17) is 0 Å². The molecule has 0 heterocycles. The predicted molar refractivity (Wildman–Crippen MR) is 59.8 cm³/mol. The molecule has 0 saturated carbocycles. The van der Waals surface area contributed by atoms with Gasteiger partial charge < -0.3 is 4.74 Å². The molecular weight excluding hydrogens is 418 g/mol. The summed E-state index contributed by atoms with van der Waals surface area (Å²) in [5.41, 5.74) is 0. The van der Waals surface area contributed by atoms with E-state index in [0.29, 0.717) is 0 Å². The molecular formula is C6H10F4I2O. The van der Waals surface area contributed by atoms with E-state index in [9.17, 15) is 17.6 Å². The lowest BCUT2D eigenvalue weighted by molar-refractivity contribution is -0.303. The first-order valence-corrected chi connectivity index (χ1v) is 9.59. The molecule has 0 aliphatic carbocycles. The molecule has 0 atom stereocenters. The Morgan fingerprint density at radius 2 is 1.62 bits per heavy atom. The molecule has 0 spiro atoms. The van der Waals surface area contributed by atoms with Gasteiger partial charge in [0.05, 0.1) is 6.61 Å². The van der Waals surface area contributed by atoms with Crippen molar-refractivity contribution in [1.29, 1.82) is 0 Å². The van der Waals surface area contributed by atoms with Crippen LogP contribution < -0.4 is 0 Å². The zero-order chi connectivity index (χ0) is 11.1. The molecule has 0 saturated heterocycles. The van der Waals surface area contributed by atoms with Gasteiger partial charge >= 0.3 is 12.5 Å². The lowest BCUT2D eigenvalue weighted by Crippen LogP contribution is -2.31. The first kappa shape index (κ1) is 16.6. The Bertz CT molecular complexity index is 121. The Morgan fingerprint density at radius 1 is 1.23 bits per heavy atom. The Morgan fingerprint density at radius 3 is 1.85 bits per heavy atom. The summed E-state index contributed by atoms with van der Waals surface area (Å²) in [4.78, 5) is 0. The average Bonchev–Trinajstić information content (AvgIpc) is 2.05. The molecule has 13 heavy (non-hydrogen) atoms. The van der Waals surface area contributed by atoms with Crippen LogP contribution in [0.1, 0.15) is 13.8 Å². The molecule has 0 radical (unpaired) electrons. The van der Waals surface area contributed by atoms with Gasteiger partial charge in [0.15, 0.2) is 0 Å². The van der Waals surface area contributed by atoms with Crippen LogP contribution >= 0.6 is 37.2 Å². The summed E-state index contributed by atoms with van der Waals surface area (Å²) in [6, 6.07) is 0. The molecule has 7 heteroatoms. The van der Waals surface area contributed by atoms with E-state index >= 15 is 0 Å². The van der Waals surface area contributed by atoms with Crippen molar-refractivity contribution < 1.29 is 22.3 Å². The van der Waals surface area contributed by atoms with E-state index in [1.165, 1.54) is 0 Å². The van der Waals surface area contributed by atoms with Crippen LogP contribution in [0.25, 0.3) is 0 Å². The molecule has 0 aliphatic rings. The summed E-state index contributed by atoms with van der Waals surface area (Å²) in [5, 5.41) is 0. The second kappa shape index (κ2) is 8.45. The van der Waals surface area contributed by atoms with Gasteiger partial charge in [-0.25, -0.2) is 8.78 Å². The molecule has 0 bridgehead atoms. The molecule has 0 amide bonds. The van der Waals surface area contributed by atoms with Gasteiger partial charge in [-0.15, -0.1) is 0 Å². The summed E-state index contributed by atoms with van der Waals surface area (Å²) in [6.45, 7) is 2.83. The van der Waals surface area contributed by atoms with E-state index in [2.05, 4.69) is 42.0 Å². The van der Waals surface area contributed by atoms with Gasteiger partial charge in [-0.05, 0) is 5.92 Å². The van der Waals surface area contributed by atoms with Crippen LogP contribution in [0.2, 0.25) is 0 Å². The molecule has 0 aromatic heterocycles. The second-order valence-electron chi connectivity index (χ2n) is 2.57.